The molecular formula is C22H32O4S6. The average molecular weight is 553 g/mol. The van der Waals surface area contributed by atoms with Crippen LogP contribution < -0.4 is 0 Å². The average Bonchev–Trinajstić information content (AvgIpc) is 3.48. The third kappa shape index (κ3) is 9.64. The standard InChI is InChI=1S/C22H32O4S6/c1-3-19(23)25-9-17-11-29-21(31-17)13-27-15-5-7-16(8-6-15)28-14-22-30-12-18(32-22)10-26-20(24)4-2/h3-4,15-18,21-22H,1-2,5-14H2. The number of carbonyl (C=O) groups excluding carboxylic acids is 2. The number of thioether (sulfide) groups is 6. The zero-order chi connectivity index (χ0) is 22.8. The van der Waals surface area contributed by atoms with Crippen LogP contribution in [-0.4, -0.2) is 78.3 Å². The molecule has 3 aliphatic rings. The molecule has 0 radical (unpaired) electrons. The number of hydrogen-bond acceptors (Lipinski definition) is 10. The highest BCUT2D eigenvalue weighted by atomic mass is 32.2. The van der Waals surface area contributed by atoms with Gasteiger partial charge in [-0.1, -0.05) is 13.2 Å². The first-order valence-electron chi connectivity index (χ1n) is 10.9. The third-order valence-corrected chi connectivity index (χ3v) is 15.6. The SMILES string of the molecule is C=CC(=O)OCC1CSC(CSC2CCC(SCC3SCC(COC(=O)C=C)S3)CC2)S1. The summed E-state index contributed by atoms with van der Waals surface area (Å²) in [7, 11) is 0. The van der Waals surface area contributed by atoms with Crippen LogP contribution in [0, 0.1) is 0 Å². The van der Waals surface area contributed by atoms with E-state index in [1.54, 1.807) is 0 Å². The monoisotopic (exact) mass is 552 g/mol. The minimum Gasteiger partial charge on any atom is -0.461 e. The first kappa shape index (κ1) is 27.1. The lowest BCUT2D eigenvalue weighted by atomic mass is 10.00. The van der Waals surface area contributed by atoms with Gasteiger partial charge in [0.15, 0.2) is 0 Å². The molecule has 4 nitrogen and oxygen atoms in total. The summed E-state index contributed by atoms with van der Waals surface area (Å²) in [5, 5.41) is 2.43. The maximum atomic E-state index is 11.2. The van der Waals surface area contributed by atoms with E-state index in [4.69, 9.17) is 9.47 Å². The van der Waals surface area contributed by atoms with Crippen LogP contribution in [0.25, 0.3) is 0 Å². The molecule has 0 bridgehead atoms. The van der Waals surface area contributed by atoms with Crippen molar-refractivity contribution in [3.05, 3.63) is 25.3 Å². The first-order chi connectivity index (χ1) is 15.6. The Balaban J connectivity index is 1.22. The van der Waals surface area contributed by atoms with Gasteiger partial charge in [-0.3, -0.25) is 0 Å². The van der Waals surface area contributed by atoms with Gasteiger partial charge in [-0.05, 0) is 25.7 Å². The predicted octanol–water partition coefficient (Wildman–Crippen LogP) is 5.57. The molecule has 0 aromatic heterocycles. The van der Waals surface area contributed by atoms with E-state index in [2.05, 4.69) is 36.7 Å². The normalized spacial score (nSPS) is 32.4. The molecule has 2 aliphatic heterocycles. The fourth-order valence-electron chi connectivity index (χ4n) is 3.63. The van der Waals surface area contributed by atoms with Gasteiger partial charge in [0.25, 0.3) is 0 Å². The Morgan fingerprint density at radius 1 is 0.781 bits per heavy atom. The molecule has 0 spiro atoms. The summed E-state index contributed by atoms with van der Waals surface area (Å²) in [5.41, 5.74) is 0. The fourth-order valence-corrected chi connectivity index (χ4v) is 13.4. The van der Waals surface area contributed by atoms with Crippen molar-refractivity contribution in [3.63, 3.8) is 0 Å². The lowest BCUT2D eigenvalue weighted by Crippen LogP contribution is -2.20. The Bertz CT molecular complexity index is 586. The van der Waals surface area contributed by atoms with E-state index >= 15 is 0 Å². The maximum Gasteiger partial charge on any atom is 0.330 e. The van der Waals surface area contributed by atoms with E-state index in [0.29, 0.717) is 32.9 Å². The molecule has 1 saturated carbocycles. The van der Waals surface area contributed by atoms with E-state index < -0.39 is 0 Å². The van der Waals surface area contributed by atoms with Gasteiger partial charge in [0.1, 0.15) is 13.2 Å². The first-order valence-corrected chi connectivity index (χ1v) is 17.0. The fraction of sp³-hybridized carbons (Fsp3) is 0.727. The van der Waals surface area contributed by atoms with Crippen LogP contribution in [0.1, 0.15) is 25.7 Å². The zero-order valence-electron chi connectivity index (χ0n) is 18.2. The Morgan fingerprint density at radius 3 is 1.56 bits per heavy atom. The van der Waals surface area contributed by atoms with Crippen LogP contribution in [0.3, 0.4) is 0 Å². The molecule has 4 atom stereocenters. The van der Waals surface area contributed by atoms with Crippen LogP contribution in [0.2, 0.25) is 0 Å². The molecule has 4 unspecified atom stereocenters. The van der Waals surface area contributed by atoms with E-state index in [1.807, 2.05) is 47.0 Å². The van der Waals surface area contributed by atoms with Crippen molar-refractivity contribution in [2.45, 2.75) is 55.8 Å². The summed E-state index contributed by atoms with van der Waals surface area (Å²) in [6, 6.07) is 0. The molecule has 1 aliphatic carbocycles. The molecule has 3 rings (SSSR count). The predicted molar refractivity (Wildman–Crippen MR) is 149 cm³/mol. The van der Waals surface area contributed by atoms with Crippen molar-refractivity contribution in [2.75, 3.05) is 36.2 Å². The molecule has 2 heterocycles. The smallest absolute Gasteiger partial charge is 0.330 e. The van der Waals surface area contributed by atoms with Gasteiger partial charge in [-0.2, -0.15) is 23.5 Å². The van der Waals surface area contributed by atoms with Crippen molar-refractivity contribution in [1.29, 1.82) is 0 Å². The minimum atomic E-state index is -0.318. The van der Waals surface area contributed by atoms with E-state index in [-0.39, 0.29) is 11.9 Å². The summed E-state index contributed by atoms with van der Waals surface area (Å²) in [6.07, 6.45) is 7.79. The Labute approximate surface area is 217 Å². The van der Waals surface area contributed by atoms with Crippen molar-refractivity contribution >= 4 is 82.5 Å². The van der Waals surface area contributed by atoms with Crippen LogP contribution >= 0.6 is 70.6 Å². The Morgan fingerprint density at radius 2 is 1.19 bits per heavy atom. The van der Waals surface area contributed by atoms with Crippen molar-refractivity contribution in [3.8, 4) is 0 Å². The Kier molecular flexibility index (Phi) is 12.6. The summed E-state index contributed by atoms with van der Waals surface area (Å²) >= 11 is 12.3. The third-order valence-electron chi connectivity index (χ3n) is 5.34. The van der Waals surface area contributed by atoms with Crippen molar-refractivity contribution < 1.29 is 19.1 Å². The van der Waals surface area contributed by atoms with Crippen LogP contribution in [-0.2, 0) is 19.1 Å². The molecule has 2 saturated heterocycles. The highest BCUT2D eigenvalue weighted by Gasteiger charge is 2.30. The van der Waals surface area contributed by atoms with Crippen molar-refractivity contribution in [1.82, 2.24) is 0 Å². The van der Waals surface area contributed by atoms with E-state index in [9.17, 15) is 9.59 Å². The minimum absolute atomic E-state index is 0.318. The Hall–Kier alpha value is 0.520. The highest BCUT2D eigenvalue weighted by molar-refractivity contribution is 8.22. The van der Waals surface area contributed by atoms with Gasteiger partial charge in [-0.25, -0.2) is 9.59 Å². The number of carbonyl (C=O) groups is 2. The molecule has 0 N–H and O–H groups in total. The topological polar surface area (TPSA) is 52.6 Å². The van der Waals surface area contributed by atoms with Crippen LogP contribution in [0.15, 0.2) is 25.3 Å². The molecule has 180 valence electrons. The summed E-state index contributed by atoms with van der Waals surface area (Å²) in [5.74, 6) is 3.88. The number of ether oxygens (including phenoxy) is 2. The molecule has 3 fully saturated rings. The van der Waals surface area contributed by atoms with Gasteiger partial charge in [0.05, 0.1) is 9.16 Å². The molecule has 0 aromatic carbocycles. The van der Waals surface area contributed by atoms with Crippen LogP contribution in [0.4, 0.5) is 0 Å². The zero-order valence-corrected chi connectivity index (χ0v) is 23.1. The quantitative estimate of drug-likeness (QED) is 0.227. The number of hydrogen-bond donors (Lipinski definition) is 0. The van der Waals surface area contributed by atoms with E-state index in [1.165, 1.54) is 49.3 Å². The summed E-state index contributed by atoms with van der Waals surface area (Å²) < 4.78 is 11.6. The molecule has 10 heteroatoms. The second-order valence-electron chi connectivity index (χ2n) is 7.78. The molecular weight excluding hydrogens is 521 g/mol. The molecule has 0 amide bonds. The number of rotatable bonds is 12. The molecule has 32 heavy (non-hydrogen) atoms. The number of esters is 2. The lowest BCUT2D eigenvalue weighted by Gasteiger charge is -2.28. The van der Waals surface area contributed by atoms with Gasteiger partial charge in [-0.15, -0.1) is 47.0 Å². The van der Waals surface area contributed by atoms with Crippen LogP contribution in [0.5, 0.6) is 0 Å². The second kappa shape index (κ2) is 14.8. The highest BCUT2D eigenvalue weighted by Crippen LogP contribution is 2.44. The molecule has 0 aromatic rings. The van der Waals surface area contributed by atoms with Gasteiger partial charge in [0, 0.05) is 56.2 Å². The largest absolute Gasteiger partial charge is 0.461 e. The van der Waals surface area contributed by atoms with Gasteiger partial charge >= 0.3 is 11.9 Å². The lowest BCUT2D eigenvalue weighted by molar-refractivity contribution is -0.138. The second-order valence-corrected chi connectivity index (χ2v) is 16.5. The van der Waals surface area contributed by atoms with Crippen molar-refractivity contribution in [2.24, 2.45) is 0 Å². The van der Waals surface area contributed by atoms with Gasteiger partial charge in [0.2, 0.25) is 0 Å². The van der Waals surface area contributed by atoms with E-state index in [0.717, 1.165) is 22.0 Å². The summed E-state index contributed by atoms with van der Waals surface area (Å²) in [6.45, 7) is 7.90. The summed E-state index contributed by atoms with van der Waals surface area (Å²) in [4.78, 5) is 22.4. The van der Waals surface area contributed by atoms with Gasteiger partial charge < -0.3 is 9.47 Å². The maximum absolute atomic E-state index is 11.2.